The molecule has 2 heterocycles. The fourth-order valence-electron chi connectivity index (χ4n) is 2.30. The number of rotatable bonds is 6. The number of hydrogen-bond acceptors (Lipinski definition) is 4. The van der Waals surface area contributed by atoms with Gasteiger partial charge in [0.25, 0.3) is 0 Å². The van der Waals surface area contributed by atoms with Crippen LogP contribution in [-0.4, -0.2) is 19.8 Å². The molecule has 116 valence electrons. The van der Waals surface area contributed by atoms with Gasteiger partial charge in [0.2, 0.25) is 6.29 Å². The molecule has 1 saturated heterocycles. The van der Waals surface area contributed by atoms with Crippen LogP contribution in [0.15, 0.2) is 53.5 Å². The molecule has 1 aromatic heterocycles. The minimum Gasteiger partial charge on any atom is -0.458 e. The summed E-state index contributed by atoms with van der Waals surface area (Å²) in [5.41, 5.74) is 0.803. The molecule has 1 aromatic carbocycles. The number of furan rings is 1. The molecule has 22 heavy (non-hydrogen) atoms. The molecule has 0 saturated carbocycles. The van der Waals surface area contributed by atoms with Crippen LogP contribution in [0.1, 0.15) is 29.5 Å². The van der Waals surface area contributed by atoms with E-state index < -0.39 is 12.4 Å². The lowest BCUT2D eigenvalue weighted by atomic mass is 10.1. The molecule has 0 spiro atoms. The van der Waals surface area contributed by atoms with Crippen LogP contribution in [0.3, 0.4) is 0 Å². The summed E-state index contributed by atoms with van der Waals surface area (Å²) in [6.45, 7) is 5.10. The second-order valence-electron chi connectivity index (χ2n) is 4.87. The Bertz CT molecular complexity index is 614. The van der Waals surface area contributed by atoms with Crippen molar-refractivity contribution in [1.29, 1.82) is 0 Å². The molecule has 1 fully saturated rings. The first kappa shape index (κ1) is 15.0. The Morgan fingerprint density at radius 3 is 2.59 bits per heavy atom. The van der Waals surface area contributed by atoms with Crippen molar-refractivity contribution in [3.8, 4) is 0 Å². The number of ether oxygens (including phenoxy) is 3. The second-order valence-corrected chi connectivity index (χ2v) is 4.87. The Balaban J connectivity index is 1.84. The van der Waals surface area contributed by atoms with E-state index in [0.29, 0.717) is 31.3 Å². The van der Waals surface area contributed by atoms with Crippen LogP contribution in [0.25, 0.3) is 0 Å². The molecule has 2 aromatic rings. The fraction of sp³-hybridized carbons (Fsp3) is 0.294. The first-order valence-electron chi connectivity index (χ1n) is 7.08. The van der Waals surface area contributed by atoms with Crippen LogP contribution in [0.4, 0.5) is 4.39 Å². The molecule has 3 rings (SSSR count). The van der Waals surface area contributed by atoms with E-state index in [0.717, 1.165) is 5.56 Å². The highest BCUT2D eigenvalue weighted by Crippen LogP contribution is 2.32. The third-order valence-corrected chi connectivity index (χ3v) is 3.31. The van der Waals surface area contributed by atoms with E-state index in [1.165, 1.54) is 12.1 Å². The highest BCUT2D eigenvalue weighted by atomic mass is 19.1. The molecule has 1 atom stereocenters. The molecule has 1 aliphatic rings. The van der Waals surface area contributed by atoms with Gasteiger partial charge in [0.05, 0.1) is 19.8 Å². The largest absolute Gasteiger partial charge is 0.458 e. The van der Waals surface area contributed by atoms with Crippen molar-refractivity contribution in [3.63, 3.8) is 0 Å². The summed E-state index contributed by atoms with van der Waals surface area (Å²) in [5.74, 6) is 0.920. The zero-order valence-electron chi connectivity index (χ0n) is 12.0. The van der Waals surface area contributed by atoms with Gasteiger partial charge in [-0.25, -0.2) is 4.39 Å². The van der Waals surface area contributed by atoms with Crippen molar-refractivity contribution in [2.24, 2.45) is 0 Å². The third-order valence-electron chi connectivity index (χ3n) is 3.31. The molecule has 0 N–H and O–H groups in total. The van der Waals surface area contributed by atoms with Crippen LogP contribution >= 0.6 is 0 Å². The zero-order chi connectivity index (χ0) is 15.4. The Morgan fingerprint density at radius 2 is 1.91 bits per heavy atom. The van der Waals surface area contributed by atoms with E-state index in [1.807, 2.05) is 6.07 Å². The van der Waals surface area contributed by atoms with Gasteiger partial charge < -0.3 is 18.6 Å². The van der Waals surface area contributed by atoms with Gasteiger partial charge in [-0.05, 0) is 29.8 Å². The SMILES string of the molecule is C=CCOC(c1ccc(F)cc1)c1ccc(C2OCCO2)o1. The van der Waals surface area contributed by atoms with Crippen LogP contribution in [0.5, 0.6) is 0 Å². The van der Waals surface area contributed by atoms with Crippen LogP contribution < -0.4 is 0 Å². The smallest absolute Gasteiger partial charge is 0.217 e. The highest BCUT2D eigenvalue weighted by Gasteiger charge is 2.25. The number of benzene rings is 1. The summed E-state index contributed by atoms with van der Waals surface area (Å²) in [7, 11) is 0. The van der Waals surface area contributed by atoms with Gasteiger partial charge in [-0.3, -0.25) is 0 Å². The second kappa shape index (κ2) is 6.87. The lowest BCUT2D eigenvalue weighted by Crippen LogP contribution is -2.06. The highest BCUT2D eigenvalue weighted by molar-refractivity contribution is 5.26. The Morgan fingerprint density at radius 1 is 1.18 bits per heavy atom. The summed E-state index contributed by atoms with van der Waals surface area (Å²) < 4.78 is 35.5. The summed E-state index contributed by atoms with van der Waals surface area (Å²) >= 11 is 0. The predicted octanol–water partition coefficient (Wildman–Crippen LogP) is 3.76. The van der Waals surface area contributed by atoms with Crippen molar-refractivity contribution in [1.82, 2.24) is 0 Å². The molecular formula is C17H17FO4. The first-order valence-corrected chi connectivity index (χ1v) is 7.08. The quantitative estimate of drug-likeness (QED) is 0.762. The van der Waals surface area contributed by atoms with Crippen molar-refractivity contribution >= 4 is 0 Å². The summed E-state index contributed by atoms with van der Waals surface area (Å²) in [5, 5.41) is 0. The topological polar surface area (TPSA) is 40.8 Å². The third kappa shape index (κ3) is 3.27. The molecule has 1 unspecified atom stereocenters. The maximum absolute atomic E-state index is 13.1. The maximum Gasteiger partial charge on any atom is 0.217 e. The Kier molecular flexibility index (Phi) is 4.68. The Labute approximate surface area is 128 Å². The summed E-state index contributed by atoms with van der Waals surface area (Å²) in [6.07, 6.45) is 0.750. The van der Waals surface area contributed by atoms with Gasteiger partial charge in [0, 0.05) is 0 Å². The normalized spacial score (nSPS) is 16.8. The van der Waals surface area contributed by atoms with Gasteiger partial charge in [0.1, 0.15) is 17.7 Å². The van der Waals surface area contributed by atoms with Crippen molar-refractivity contribution in [2.45, 2.75) is 12.4 Å². The monoisotopic (exact) mass is 304 g/mol. The van der Waals surface area contributed by atoms with E-state index in [4.69, 9.17) is 18.6 Å². The molecule has 4 nitrogen and oxygen atoms in total. The van der Waals surface area contributed by atoms with Crippen molar-refractivity contribution < 1.29 is 23.0 Å². The van der Waals surface area contributed by atoms with Crippen molar-refractivity contribution in [3.05, 3.63) is 72.0 Å². The van der Waals surface area contributed by atoms with E-state index in [9.17, 15) is 4.39 Å². The van der Waals surface area contributed by atoms with Crippen LogP contribution in [-0.2, 0) is 14.2 Å². The summed E-state index contributed by atoms with van der Waals surface area (Å²) in [6, 6.07) is 9.76. The van der Waals surface area contributed by atoms with E-state index in [2.05, 4.69) is 6.58 Å². The Hall–Kier alpha value is -1.95. The molecule has 0 amide bonds. The first-order chi connectivity index (χ1) is 10.8. The van der Waals surface area contributed by atoms with Crippen LogP contribution in [0.2, 0.25) is 0 Å². The van der Waals surface area contributed by atoms with Gasteiger partial charge in [-0.2, -0.15) is 0 Å². The van der Waals surface area contributed by atoms with E-state index >= 15 is 0 Å². The molecule has 0 radical (unpaired) electrons. The standard InChI is InChI=1S/C17H17FO4/c1-2-9-19-16(12-3-5-13(18)6-4-12)14-7-8-15(22-14)17-20-10-11-21-17/h2-8,16-17H,1,9-11H2. The lowest BCUT2D eigenvalue weighted by Gasteiger charge is -2.15. The zero-order valence-corrected chi connectivity index (χ0v) is 12.0. The van der Waals surface area contributed by atoms with Crippen LogP contribution in [0, 0.1) is 5.82 Å². The van der Waals surface area contributed by atoms with Gasteiger partial charge >= 0.3 is 0 Å². The number of hydrogen-bond donors (Lipinski definition) is 0. The van der Waals surface area contributed by atoms with E-state index in [1.54, 1.807) is 24.3 Å². The lowest BCUT2D eigenvalue weighted by molar-refractivity contribution is -0.0607. The van der Waals surface area contributed by atoms with Gasteiger partial charge in [-0.15, -0.1) is 6.58 Å². The molecule has 5 heteroatoms. The van der Waals surface area contributed by atoms with E-state index in [-0.39, 0.29) is 5.82 Å². The average Bonchev–Trinajstić information content (AvgIpc) is 3.20. The maximum atomic E-state index is 13.1. The molecule has 0 aliphatic carbocycles. The summed E-state index contributed by atoms with van der Waals surface area (Å²) in [4.78, 5) is 0. The minimum atomic E-state index is -0.470. The van der Waals surface area contributed by atoms with Crippen molar-refractivity contribution in [2.75, 3.05) is 19.8 Å². The van der Waals surface area contributed by atoms with Gasteiger partial charge in [-0.1, -0.05) is 18.2 Å². The fourth-order valence-corrected chi connectivity index (χ4v) is 2.30. The predicted molar refractivity (Wildman–Crippen MR) is 77.7 cm³/mol. The number of halogens is 1. The molecule has 0 bridgehead atoms. The molecular weight excluding hydrogens is 287 g/mol. The molecule has 1 aliphatic heterocycles. The van der Waals surface area contributed by atoms with Gasteiger partial charge in [0.15, 0.2) is 5.76 Å². The average molecular weight is 304 g/mol. The minimum absolute atomic E-state index is 0.292.